The minimum Gasteiger partial charge on any atom is -0.394 e. The van der Waals surface area contributed by atoms with Gasteiger partial charge in [0, 0.05) is 30.8 Å². The fourth-order valence-corrected chi connectivity index (χ4v) is 1.48. The third kappa shape index (κ3) is 4.28. The van der Waals surface area contributed by atoms with Crippen LogP contribution in [0.15, 0.2) is 23.3 Å². The topological polar surface area (TPSA) is 48.0 Å². The van der Waals surface area contributed by atoms with Gasteiger partial charge in [0.2, 0.25) is 5.43 Å². The van der Waals surface area contributed by atoms with E-state index in [1.165, 1.54) is 23.0 Å². The van der Waals surface area contributed by atoms with E-state index >= 15 is 0 Å². The van der Waals surface area contributed by atoms with Gasteiger partial charge in [0.15, 0.2) is 0 Å². The zero-order valence-corrected chi connectivity index (χ0v) is 8.44. The Balaban J connectivity index is 2.52. The second kappa shape index (κ2) is 4.61. The predicted octanol–water partition coefficient (Wildman–Crippen LogP) is 1.68. The number of thioether (sulfide) groups is 1. The van der Waals surface area contributed by atoms with Gasteiger partial charge in [0.25, 0.3) is 0 Å². The molecule has 1 heterocycles. The quantitative estimate of drug-likeness (QED) is 0.871. The number of hydrogen-bond donors (Lipinski definition) is 1. The second-order valence-electron chi connectivity index (χ2n) is 2.80. The first kappa shape index (κ1) is 12.0. The number of nitrogens with two attached hydrogens (primary N) is 1. The van der Waals surface area contributed by atoms with Crippen molar-refractivity contribution in [2.75, 3.05) is 11.5 Å². The van der Waals surface area contributed by atoms with Crippen LogP contribution in [-0.4, -0.2) is 15.8 Å². The van der Waals surface area contributed by atoms with Crippen LogP contribution in [0.2, 0.25) is 0 Å². The average Bonchev–Trinajstić information content (AvgIpc) is 2.09. The Bertz CT molecular complexity index is 388. The van der Waals surface area contributed by atoms with Crippen LogP contribution in [-0.2, 0) is 6.54 Å². The van der Waals surface area contributed by atoms with Gasteiger partial charge in [-0.2, -0.15) is 13.2 Å². The van der Waals surface area contributed by atoms with Crippen LogP contribution in [0, 0.1) is 0 Å². The maximum Gasteiger partial charge on any atom is 0.441 e. The summed E-state index contributed by atoms with van der Waals surface area (Å²) in [6.45, 7) is 0.161. The molecule has 0 aliphatic heterocycles. The molecule has 15 heavy (non-hydrogen) atoms. The smallest absolute Gasteiger partial charge is 0.394 e. The zero-order valence-electron chi connectivity index (χ0n) is 7.62. The van der Waals surface area contributed by atoms with Crippen LogP contribution in [0.4, 0.5) is 18.9 Å². The Morgan fingerprint density at radius 1 is 1.47 bits per heavy atom. The van der Waals surface area contributed by atoms with Gasteiger partial charge >= 0.3 is 5.51 Å². The Morgan fingerprint density at radius 3 is 2.67 bits per heavy atom. The molecule has 1 rings (SSSR count). The Hall–Kier alpha value is -1.11. The molecule has 0 aliphatic rings. The van der Waals surface area contributed by atoms with E-state index in [2.05, 4.69) is 0 Å². The summed E-state index contributed by atoms with van der Waals surface area (Å²) in [5.41, 5.74) is 0.810. The van der Waals surface area contributed by atoms with Crippen molar-refractivity contribution in [1.29, 1.82) is 0 Å². The number of alkyl halides is 3. The average molecular weight is 238 g/mol. The zero-order chi connectivity index (χ0) is 11.5. The van der Waals surface area contributed by atoms with E-state index in [9.17, 15) is 18.0 Å². The second-order valence-corrected chi connectivity index (χ2v) is 3.96. The predicted molar refractivity (Wildman–Crippen MR) is 53.6 cm³/mol. The van der Waals surface area contributed by atoms with Crippen LogP contribution < -0.4 is 11.2 Å². The standard InChI is InChI=1S/C8H9F3N2OS/c9-8(10,11)15-4-3-13-2-1-7(14)6(12)5-13/h1-2,5H,3-4,12H2. The van der Waals surface area contributed by atoms with Gasteiger partial charge in [-0.3, -0.25) is 4.79 Å². The molecule has 0 aliphatic carbocycles. The Kier molecular flexibility index (Phi) is 3.67. The molecule has 0 fully saturated rings. The highest BCUT2D eigenvalue weighted by atomic mass is 32.2. The lowest BCUT2D eigenvalue weighted by Crippen LogP contribution is -2.12. The first-order valence-corrected chi connectivity index (χ1v) is 5.03. The van der Waals surface area contributed by atoms with Gasteiger partial charge in [-0.1, -0.05) is 0 Å². The first-order valence-electron chi connectivity index (χ1n) is 4.05. The monoisotopic (exact) mass is 238 g/mol. The lowest BCUT2D eigenvalue weighted by atomic mass is 10.4. The lowest BCUT2D eigenvalue weighted by Gasteiger charge is -2.08. The van der Waals surface area contributed by atoms with Crippen LogP contribution >= 0.6 is 11.8 Å². The molecule has 3 nitrogen and oxygen atoms in total. The van der Waals surface area contributed by atoms with Crippen molar-refractivity contribution in [3.05, 3.63) is 28.7 Å². The molecule has 0 amide bonds. The minimum absolute atomic E-state index is 0.0366. The summed E-state index contributed by atoms with van der Waals surface area (Å²) in [5, 5.41) is 0. The van der Waals surface area contributed by atoms with Crippen LogP contribution in [0.3, 0.4) is 0 Å². The van der Waals surface area contributed by atoms with Crippen molar-refractivity contribution < 1.29 is 13.2 Å². The van der Waals surface area contributed by atoms with Crippen molar-refractivity contribution in [3.63, 3.8) is 0 Å². The molecular formula is C8H9F3N2OS. The summed E-state index contributed by atoms with van der Waals surface area (Å²) in [7, 11) is 0. The van der Waals surface area contributed by atoms with Crippen LogP contribution in [0.1, 0.15) is 0 Å². The molecule has 0 atom stereocenters. The fraction of sp³-hybridized carbons (Fsp3) is 0.375. The van der Waals surface area contributed by atoms with Crippen LogP contribution in [0.5, 0.6) is 0 Å². The summed E-state index contributed by atoms with van der Waals surface area (Å²) >= 11 is -0.101. The Morgan fingerprint density at radius 2 is 2.13 bits per heavy atom. The van der Waals surface area contributed by atoms with Crippen molar-refractivity contribution in [2.24, 2.45) is 0 Å². The molecule has 0 radical (unpaired) electrons. The SMILES string of the molecule is Nc1cn(CCSC(F)(F)F)ccc1=O. The van der Waals surface area contributed by atoms with Crippen molar-refractivity contribution >= 4 is 17.4 Å². The first-order chi connectivity index (χ1) is 6.88. The van der Waals surface area contributed by atoms with E-state index < -0.39 is 5.51 Å². The van der Waals surface area contributed by atoms with E-state index in [4.69, 9.17) is 5.73 Å². The molecule has 0 bridgehead atoms. The third-order valence-electron chi connectivity index (χ3n) is 1.62. The molecule has 84 valence electrons. The largest absolute Gasteiger partial charge is 0.441 e. The summed E-state index contributed by atoms with van der Waals surface area (Å²) in [6.07, 6.45) is 2.74. The molecule has 2 N–H and O–H groups in total. The number of anilines is 1. The van der Waals surface area contributed by atoms with Gasteiger partial charge in [-0.15, -0.1) is 0 Å². The van der Waals surface area contributed by atoms with Gasteiger partial charge < -0.3 is 10.3 Å². The number of halogens is 3. The molecule has 1 aromatic heterocycles. The number of aromatic nitrogens is 1. The summed E-state index contributed by atoms with van der Waals surface area (Å²) in [5.74, 6) is -0.105. The van der Waals surface area contributed by atoms with Crippen molar-refractivity contribution in [1.82, 2.24) is 4.57 Å². The van der Waals surface area contributed by atoms with Crippen LogP contribution in [0.25, 0.3) is 0 Å². The summed E-state index contributed by atoms with van der Waals surface area (Å²) in [4.78, 5) is 10.9. The van der Waals surface area contributed by atoms with Crippen molar-refractivity contribution in [3.8, 4) is 0 Å². The normalized spacial score (nSPS) is 11.7. The molecular weight excluding hydrogens is 229 g/mol. The number of aryl methyl sites for hydroxylation is 1. The number of hydrogen-bond acceptors (Lipinski definition) is 3. The number of pyridine rings is 1. The van der Waals surface area contributed by atoms with E-state index in [1.54, 1.807) is 0 Å². The van der Waals surface area contributed by atoms with E-state index in [0.29, 0.717) is 0 Å². The highest BCUT2D eigenvalue weighted by Crippen LogP contribution is 2.29. The third-order valence-corrected chi connectivity index (χ3v) is 2.34. The number of nitrogens with zero attached hydrogens (tertiary/aromatic N) is 1. The van der Waals surface area contributed by atoms with Gasteiger partial charge in [0.1, 0.15) is 0 Å². The molecule has 0 unspecified atom stereocenters. The highest BCUT2D eigenvalue weighted by Gasteiger charge is 2.27. The van der Waals surface area contributed by atoms with Gasteiger partial charge in [0.05, 0.1) is 5.69 Å². The number of nitrogen functional groups attached to an aromatic ring is 1. The van der Waals surface area contributed by atoms with E-state index in [1.807, 2.05) is 0 Å². The molecule has 1 aromatic rings. The summed E-state index contributed by atoms with van der Waals surface area (Å²) in [6, 6.07) is 1.23. The van der Waals surface area contributed by atoms with Crippen molar-refractivity contribution in [2.45, 2.75) is 12.1 Å². The molecule has 0 saturated heterocycles. The molecule has 0 saturated carbocycles. The highest BCUT2D eigenvalue weighted by molar-refractivity contribution is 8.00. The number of rotatable bonds is 3. The van der Waals surface area contributed by atoms with Gasteiger partial charge in [-0.05, 0) is 11.8 Å². The fourth-order valence-electron chi connectivity index (χ4n) is 0.951. The molecule has 0 aromatic carbocycles. The van der Waals surface area contributed by atoms with Gasteiger partial charge in [-0.25, -0.2) is 0 Å². The minimum atomic E-state index is -4.22. The maximum absolute atomic E-state index is 11.8. The van der Waals surface area contributed by atoms with E-state index in [-0.39, 0.29) is 35.2 Å². The molecule has 0 spiro atoms. The van der Waals surface area contributed by atoms with E-state index in [0.717, 1.165) is 0 Å². The maximum atomic E-state index is 11.8. The lowest BCUT2D eigenvalue weighted by molar-refractivity contribution is -0.0328. The molecule has 7 heteroatoms. The summed E-state index contributed by atoms with van der Waals surface area (Å²) < 4.78 is 36.8. The Labute approximate surface area is 88.1 Å².